The molecule has 1 amide bonds. The lowest BCUT2D eigenvalue weighted by Crippen LogP contribution is -2.22. The molecule has 1 aromatic heterocycles. The fraction of sp³-hybridized carbons (Fsp3) is 0.0588. The number of carbonyl (C=O) groups is 1. The van der Waals surface area contributed by atoms with Crippen LogP contribution in [0.5, 0.6) is 5.75 Å². The summed E-state index contributed by atoms with van der Waals surface area (Å²) >= 11 is 5.84. The Morgan fingerprint density at radius 2 is 2.00 bits per heavy atom. The second kappa shape index (κ2) is 6.54. The molecule has 0 fully saturated rings. The number of phenols is 1. The number of hydrogen-bond acceptors (Lipinski definition) is 3. The van der Waals surface area contributed by atoms with Gasteiger partial charge in [0, 0.05) is 23.3 Å². The van der Waals surface area contributed by atoms with Crippen LogP contribution in [-0.4, -0.2) is 20.8 Å². The van der Waals surface area contributed by atoms with E-state index in [0.717, 1.165) is 11.3 Å². The van der Waals surface area contributed by atoms with Gasteiger partial charge in [-0.3, -0.25) is 4.79 Å². The zero-order chi connectivity index (χ0) is 16.2. The van der Waals surface area contributed by atoms with Gasteiger partial charge < -0.3 is 10.4 Å². The van der Waals surface area contributed by atoms with Crippen molar-refractivity contribution in [3.63, 3.8) is 0 Å². The molecule has 5 nitrogen and oxygen atoms in total. The number of hydrogen-bond donors (Lipinski definition) is 2. The molecule has 0 aliphatic rings. The van der Waals surface area contributed by atoms with Gasteiger partial charge in [-0.2, -0.15) is 5.10 Å². The summed E-state index contributed by atoms with van der Waals surface area (Å²) in [6.45, 7) is 0.303. The van der Waals surface area contributed by atoms with Crippen LogP contribution in [0.15, 0.2) is 60.9 Å². The molecule has 3 rings (SSSR count). The average molecular weight is 328 g/mol. The van der Waals surface area contributed by atoms with Crippen LogP contribution in [0.1, 0.15) is 15.9 Å². The lowest BCUT2D eigenvalue weighted by molar-refractivity contribution is 0.0948. The maximum atomic E-state index is 12.1. The summed E-state index contributed by atoms with van der Waals surface area (Å²) in [6, 6.07) is 14.0. The summed E-state index contributed by atoms with van der Waals surface area (Å²) in [7, 11) is 0. The zero-order valence-corrected chi connectivity index (χ0v) is 12.9. The molecule has 23 heavy (non-hydrogen) atoms. The van der Waals surface area contributed by atoms with E-state index >= 15 is 0 Å². The van der Waals surface area contributed by atoms with Crippen molar-refractivity contribution in [3.05, 3.63) is 77.1 Å². The SMILES string of the molecule is O=C(NCc1cnn(-c2ccccc2)c1)c1cc(Cl)ccc1O. The van der Waals surface area contributed by atoms with Gasteiger partial charge in [-0.1, -0.05) is 29.8 Å². The van der Waals surface area contributed by atoms with Crippen LogP contribution in [-0.2, 0) is 6.54 Å². The van der Waals surface area contributed by atoms with Gasteiger partial charge in [-0.05, 0) is 30.3 Å². The standard InChI is InChI=1S/C17H14ClN3O2/c18-13-6-7-16(22)15(8-13)17(23)19-9-12-10-20-21(11-12)14-4-2-1-3-5-14/h1-8,10-11,22H,9H2,(H,19,23). The molecular weight excluding hydrogens is 314 g/mol. The molecule has 1 heterocycles. The Morgan fingerprint density at radius 1 is 1.22 bits per heavy atom. The Hall–Kier alpha value is -2.79. The first-order valence-electron chi connectivity index (χ1n) is 6.99. The molecule has 0 atom stereocenters. The van der Waals surface area contributed by atoms with Crippen LogP contribution in [0.2, 0.25) is 5.02 Å². The molecule has 0 radical (unpaired) electrons. The number of aromatic hydroxyl groups is 1. The fourth-order valence-electron chi connectivity index (χ4n) is 2.14. The number of rotatable bonds is 4. The van der Waals surface area contributed by atoms with Gasteiger partial charge in [0.15, 0.2) is 0 Å². The van der Waals surface area contributed by atoms with Gasteiger partial charge in [0.25, 0.3) is 5.91 Å². The van der Waals surface area contributed by atoms with Crippen LogP contribution in [0.3, 0.4) is 0 Å². The molecule has 0 aliphatic carbocycles. The largest absolute Gasteiger partial charge is 0.507 e. The van der Waals surface area contributed by atoms with Crippen molar-refractivity contribution in [3.8, 4) is 11.4 Å². The second-order valence-electron chi connectivity index (χ2n) is 4.97. The summed E-state index contributed by atoms with van der Waals surface area (Å²) in [5, 5.41) is 17.1. The van der Waals surface area contributed by atoms with Crippen LogP contribution >= 0.6 is 11.6 Å². The highest BCUT2D eigenvalue weighted by Gasteiger charge is 2.12. The summed E-state index contributed by atoms with van der Waals surface area (Å²) < 4.78 is 1.73. The van der Waals surface area contributed by atoms with Crippen molar-refractivity contribution < 1.29 is 9.90 Å². The molecule has 0 saturated carbocycles. The maximum Gasteiger partial charge on any atom is 0.255 e. The monoisotopic (exact) mass is 327 g/mol. The van der Waals surface area contributed by atoms with E-state index in [-0.39, 0.29) is 11.3 Å². The Kier molecular flexibility index (Phi) is 4.30. The lowest BCUT2D eigenvalue weighted by Gasteiger charge is -2.06. The van der Waals surface area contributed by atoms with Crippen molar-refractivity contribution in [1.82, 2.24) is 15.1 Å². The first kappa shape index (κ1) is 15.1. The van der Waals surface area contributed by atoms with Gasteiger partial charge in [-0.25, -0.2) is 4.68 Å². The summed E-state index contributed by atoms with van der Waals surface area (Å²) in [5.74, 6) is -0.496. The van der Waals surface area contributed by atoms with E-state index in [0.29, 0.717) is 11.6 Å². The topological polar surface area (TPSA) is 67.2 Å². The van der Waals surface area contributed by atoms with Crippen molar-refractivity contribution in [1.29, 1.82) is 0 Å². The van der Waals surface area contributed by atoms with Crippen LogP contribution in [0.25, 0.3) is 5.69 Å². The number of aromatic nitrogens is 2. The molecule has 0 spiro atoms. The third-order valence-electron chi connectivity index (χ3n) is 3.31. The molecule has 6 heteroatoms. The van der Waals surface area contributed by atoms with Crippen LogP contribution in [0, 0.1) is 0 Å². The van der Waals surface area contributed by atoms with E-state index < -0.39 is 5.91 Å². The smallest absolute Gasteiger partial charge is 0.255 e. The predicted octanol–water partition coefficient (Wildman–Crippen LogP) is 3.16. The predicted molar refractivity (Wildman–Crippen MR) is 87.9 cm³/mol. The number of benzene rings is 2. The third-order valence-corrected chi connectivity index (χ3v) is 3.55. The van der Waals surface area contributed by atoms with Crippen LogP contribution in [0.4, 0.5) is 0 Å². The molecule has 2 aromatic carbocycles. The first-order valence-corrected chi connectivity index (χ1v) is 7.37. The minimum Gasteiger partial charge on any atom is -0.507 e. The van der Waals surface area contributed by atoms with E-state index in [1.54, 1.807) is 10.9 Å². The van der Waals surface area contributed by atoms with Crippen molar-refractivity contribution >= 4 is 17.5 Å². The summed E-state index contributed by atoms with van der Waals surface area (Å²) in [5.41, 5.74) is 1.94. The maximum absolute atomic E-state index is 12.1. The van der Waals surface area contributed by atoms with E-state index in [4.69, 9.17) is 11.6 Å². The molecule has 2 N–H and O–H groups in total. The van der Waals surface area contributed by atoms with E-state index in [1.807, 2.05) is 36.5 Å². The molecular formula is C17H14ClN3O2. The highest BCUT2D eigenvalue weighted by molar-refractivity contribution is 6.31. The summed E-state index contributed by atoms with van der Waals surface area (Å²) in [4.78, 5) is 12.1. The van der Waals surface area contributed by atoms with Gasteiger partial charge in [0.2, 0.25) is 0 Å². The minimum atomic E-state index is -0.391. The molecule has 116 valence electrons. The molecule has 0 saturated heterocycles. The number of amides is 1. The number of nitrogens with zero attached hydrogens (tertiary/aromatic N) is 2. The lowest BCUT2D eigenvalue weighted by atomic mass is 10.2. The van der Waals surface area contributed by atoms with Crippen molar-refractivity contribution in [2.75, 3.05) is 0 Å². The Balaban J connectivity index is 1.68. The quantitative estimate of drug-likeness (QED) is 0.773. The number of halogens is 1. The van der Waals surface area contributed by atoms with E-state index in [9.17, 15) is 9.90 Å². The van der Waals surface area contributed by atoms with Gasteiger partial charge >= 0.3 is 0 Å². The highest BCUT2D eigenvalue weighted by atomic mass is 35.5. The molecule has 0 unspecified atom stereocenters. The highest BCUT2D eigenvalue weighted by Crippen LogP contribution is 2.21. The van der Waals surface area contributed by atoms with E-state index in [1.165, 1.54) is 18.2 Å². The Bertz CT molecular complexity index is 831. The van der Waals surface area contributed by atoms with Gasteiger partial charge in [0.05, 0.1) is 17.4 Å². The average Bonchev–Trinajstić information content (AvgIpc) is 3.05. The molecule has 0 aliphatic heterocycles. The normalized spacial score (nSPS) is 10.5. The fourth-order valence-corrected chi connectivity index (χ4v) is 2.31. The minimum absolute atomic E-state index is 0.105. The number of nitrogens with one attached hydrogen (secondary N) is 1. The first-order chi connectivity index (χ1) is 11.1. The second-order valence-corrected chi connectivity index (χ2v) is 5.41. The third kappa shape index (κ3) is 3.52. The number of phenolic OH excluding ortho intramolecular Hbond substituents is 1. The van der Waals surface area contributed by atoms with Crippen LogP contribution < -0.4 is 5.32 Å². The van der Waals surface area contributed by atoms with Gasteiger partial charge in [0.1, 0.15) is 5.75 Å². The Morgan fingerprint density at radius 3 is 2.78 bits per heavy atom. The Labute approximate surface area is 138 Å². The van der Waals surface area contributed by atoms with Crippen molar-refractivity contribution in [2.24, 2.45) is 0 Å². The van der Waals surface area contributed by atoms with E-state index in [2.05, 4.69) is 10.4 Å². The molecule has 3 aromatic rings. The zero-order valence-electron chi connectivity index (χ0n) is 12.1. The molecule has 0 bridgehead atoms. The van der Waals surface area contributed by atoms with Crippen molar-refractivity contribution in [2.45, 2.75) is 6.54 Å². The van der Waals surface area contributed by atoms with Gasteiger partial charge in [-0.15, -0.1) is 0 Å². The number of para-hydroxylation sites is 1. The number of carbonyl (C=O) groups excluding carboxylic acids is 1. The summed E-state index contributed by atoms with van der Waals surface area (Å²) in [6.07, 6.45) is 3.53.